The summed E-state index contributed by atoms with van der Waals surface area (Å²) in [5.74, 6) is 0. The molecule has 1 aliphatic heterocycles. The van der Waals surface area contributed by atoms with Crippen LogP contribution in [0.15, 0.2) is 53.5 Å². The number of fused-ring (bicyclic) bond motifs is 1. The fourth-order valence-electron chi connectivity index (χ4n) is 2.67. The van der Waals surface area contributed by atoms with Gasteiger partial charge in [0, 0.05) is 59.6 Å². The van der Waals surface area contributed by atoms with E-state index < -0.39 is 50.7 Å². The van der Waals surface area contributed by atoms with Crippen molar-refractivity contribution in [3.63, 3.8) is 0 Å². The van der Waals surface area contributed by atoms with Crippen molar-refractivity contribution in [2.75, 3.05) is 31.0 Å². The highest BCUT2D eigenvalue weighted by molar-refractivity contribution is 6.30. The predicted octanol–water partition coefficient (Wildman–Crippen LogP) is 2.75. The maximum absolute atomic E-state index is 12.8. The molecule has 6 nitrogen and oxygen atoms in total. The highest BCUT2D eigenvalue weighted by atomic mass is 35.5. The van der Waals surface area contributed by atoms with Gasteiger partial charge in [0.15, 0.2) is 5.65 Å². The average Bonchev–Trinajstić information content (AvgIpc) is 3.09. The van der Waals surface area contributed by atoms with E-state index in [1.54, 1.807) is 18.2 Å². The fraction of sp³-hybridized carbons (Fsp3) is 0.400. The van der Waals surface area contributed by atoms with Gasteiger partial charge in [-0.15, -0.1) is 5.10 Å². The molecule has 1 unspecified atom stereocenters. The number of pyridine rings is 1. The van der Waals surface area contributed by atoms with Gasteiger partial charge in [0.25, 0.3) is 0 Å². The van der Waals surface area contributed by atoms with Gasteiger partial charge >= 0.3 is 5.69 Å². The maximum Gasteiger partial charge on any atom is 0.350 e. The van der Waals surface area contributed by atoms with Crippen molar-refractivity contribution in [2.24, 2.45) is 0 Å². The summed E-state index contributed by atoms with van der Waals surface area (Å²) >= 11 is 6.02. The molecule has 1 saturated heterocycles. The first-order valence-electron chi connectivity index (χ1n) is 12.8. The molecule has 0 saturated carbocycles. The van der Waals surface area contributed by atoms with Crippen molar-refractivity contribution >= 4 is 22.9 Å². The number of anilines is 1. The van der Waals surface area contributed by atoms with Crippen LogP contribution in [0.25, 0.3) is 5.65 Å². The van der Waals surface area contributed by atoms with Gasteiger partial charge in [0.2, 0.25) is 0 Å². The first kappa shape index (κ1) is 10.3. The predicted molar refractivity (Wildman–Crippen MR) is 109 cm³/mol. The lowest BCUT2D eigenvalue weighted by atomic mass is 10.1. The van der Waals surface area contributed by atoms with Crippen molar-refractivity contribution in [1.29, 1.82) is 0 Å². The molecule has 3 aromatic rings. The number of hydrogen-bond donors (Lipinski definition) is 0. The molecule has 7 heteroatoms. The van der Waals surface area contributed by atoms with Crippen LogP contribution >= 0.6 is 11.6 Å². The molecule has 0 spiro atoms. The quantitative estimate of drug-likeness (QED) is 0.667. The Labute approximate surface area is 176 Å². The van der Waals surface area contributed by atoms with E-state index in [-0.39, 0.29) is 16.4 Å². The lowest BCUT2D eigenvalue weighted by Gasteiger charge is -2.39. The number of hydrogen-bond acceptors (Lipinski definition) is 4. The zero-order valence-corrected chi connectivity index (χ0v) is 15.3. The molecule has 1 aliphatic rings. The van der Waals surface area contributed by atoms with Gasteiger partial charge in [-0.2, -0.15) is 0 Å². The molecule has 4 rings (SSSR count). The molecule has 2 aromatic heterocycles. The minimum absolute atomic E-state index is 0.0802. The highest BCUT2D eigenvalue weighted by Crippen LogP contribution is 2.21. The Morgan fingerprint density at radius 3 is 2.85 bits per heavy atom. The normalized spacial score (nSPS) is 27.6. The van der Waals surface area contributed by atoms with Crippen LogP contribution in [0.2, 0.25) is 5.02 Å². The summed E-state index contributed by atoms with van der Waals surface area (Å²) in [6.07, 6.45) is -1.81. The van der Waals surface area contributed by atoms with Crippen LogP contribution < -0.4 is 10.6 Å². The number of aromatic nitrogens is 3. The van der Waals surface area contributed by atoms with Crippen molar-refractivity contribution in [2.45, 2.75) is 25.8 Å². The Morgan fingerprint density at radius 1 is 1.30 bits per heavy atom. The summed E-state index contributed by atoms with van der Waals surface area (Å²) < 4.78 is 79.0. The van der Waals surface area contributed by atoms with E-state index in [9.17, 15) is 4.79 Å². The molecule has 0 aliphatic carbocycles. The third kappa shape index (κ3) is 3.87. The molecule has 142 valence electrons. The summed E-state index contributed by atoms with van der Waals surface area (Å²) in [7, 11) is 0. The molecule has 0 radical (unpaired) electrons. The third-order valence-electron chi connectivity index (χ3n) is 4.15. The summed E-state index contributed by atoms with van der Waals surface area (Å²) in [6.45, 7) is -8.25. The monoisotopic (exact) mass is 394 g/mol. The largest absolute Gasteiger partial charge is 0.369 e. The zero-order valence-electron chi connectivity index (χ0n) is 23.6. The molecule has 0 N–H and O–H groups in total. The van der Waals surface area contributed by atoms with E-state index in [2.05, 4.69) is 5.10 Å². The van der Waals surface area contributed by atoms with Gasteiger partial charge < -0.3 is 4.90 Å². The van der Waals surface area contributed by atoms with E-state index in [1.807, 2.05) is 0 Å². The Hall–Kier alpha value is -2.31. The minimum atomic E-state index is -3.16. The Kier molecular flexibility index (Phi) is 2.95. The van der Waals surface area contributed by atoms with Gasteiger partial charge in [-0.1, -0.05) is 23.7 Å². The van der Waals surface area contributed by atoms with Gasteiger partial charge in [0.05, 0.1) is 8.22 Å². The Bertz CT molecular complexity index is 1340. The van der Waals surface area contributed by atoms with Crippen molar-refractivity contribution in [1.82, 2.24) is 19.1 Å². The summed E-state index contributed by atoms with van der Waals surface area (Å²) in [5, 5.41) is 4.18. The number of halogens is 1. The molecule has 1 fully saturated rings. The molecule has 27 heavy (non-hydrogen) atoms. The molecule has 0 amide bonds. The van der Waals surface area contributed by atoms with E-state index in [0.29, 0.717) is 4.68 Å². The number of aryl methyl sites for hydroxylation is 1. The van der Waals surface area contributed by atoms with Crippen LogP contribution in [0.4, 0.5) is 5.69 Å². The van der Waals surface area contributed by atoms with Crippen LogP contribution in [0.1, 0.15) is 25.6 Å². The van der Waals surface area contributed by atoms with Crippen LogP contribution in [0.3, 0.4) is 0 Å². The second-order valence-corrected chi connectivity index (χ2v) is 6.37. The van der Waals surface area contributed by atoms with Crippen molar-refractivity contribution < 1.29 is 12.3 Å². The molecule has 3 heterocycles. The topological polar surface area (TPSA) is 45.8 Å². The first-order valence-corrected chi connectivity index (χ1v) is 8.69. The second kappa shape index (κ2) is 7.74. The van der Waals surface area contributed by atoms with Crippen molar-refractivity contribution in [3.8, 4) is 0 Å². The van der Waals surface area contributed by atoms with Crippen LogP contribution in [-0.2, 0) is 6.50 Å². The van der Waals surface area contributed by atoms with E-state index in [0.717, 1.165) is 21.1 Å². The number of nitrogens with zero attached hydrogens (tertiary/aromatic N) is 5. The van der Waals surface area contributed by atoms with Crippen LogP contribution in [0, 0.1) is 0 Å². The maximum atomic E-state index is 12.8. The van der Waals surface area contributed by atoms with Crippen LogP contribution in [-0.4, -0.2) is 51.2 Å². The standard InChI is InChI=1S/C20H24ClN5O/c1-16(8-10-26-20(27)25-9-3-2-7-19(25)22-26)23-11-13-24(14-12-23)18-6-4-5-17(21)15-18/h2-7,9,15-16H,8,10-14H2,1H3/i8D2,10D2,13D2,14D2,16D. The highest BCUT2D eigenvalue weighted by Gasteiger charge is 2.21. The average molecular weight is 395 g/mol. The summed E-state index contributed by atoms with van der Waals surface area (Å²) in [6, 6.07) is 8.02. The fourth-order valence-corrected chi connectivity index (χ4v) is 2.85. The minimum Gasteiger partial charge on any atom is -0.369 e. The Balaban J connectivity index is 1.74. The first-order chi connectivity index (χ1) is 16.4. The summed E-state index contributed by atoms with van der Waals surface area (Å²) in [5.41, 5.74) is -0.707. The number of benzene rings is 1. The van der Waals surface area contributed by atoms with E-state index in [4.69, 9.17) is 23.9 Å². The molecular formula is C20H24ClN5O. The van der Waals surface area contributed by atoms with Crippen molar-refractivity contribution in [3.05, 3.63) is 64.2 Å². The van der Waals surface area contributed by atoms with Crippen LogP contribution in [0.5, 0.6) is 0 Å². The molecular weight excluding hydrogens is 362 g/mol. The molecule has 0 bridgehead atoms. The number of piperazine rings is 1. The van der Waals surface area contributed by atoms with Gasteiger partial charge in [0.1, 0.15) is 0 Å². The molecule has 1 aromatic carbocycles. The summed E-state index contributed by atoms with van der Waals surface area (Å²) in [4.78, 5) is 14.6. The zero-order chi connectivity index (χ0) is 26.9. The molecule has 1 atom stereocenters. The van der Waals surface area contributed by atoms with Gasteiger partial charge in [-0.05, 0) is 43.6 Å². The SMILES string of the molecule is [2H]C1([2H])CN(C([2H])(C)C([2H])([2H])C([2H])([2H])n2nc3ccccn3c2=O)CC([2H])([2H])N1c1cccc(Cl)c1. The van der Waals surface area contributed by atoms with E-state index >= 15 is 0 Å². The lowest BCUT2D eigenvalue weighted by molar-refractivity contribution is 0.182. The third-order valence-corrected chi connectivity index (χ3v) is 4.39. The van der Waals surface area contributed by atoms with Gasteiger partial charge in [-0.3, -0.25) is 9.30 Å². The lowest BCUT2D eigenvalue weighted by Crippen LogP contribution is -2.50. The second-order valence-electron chi connectivity index (χ2n) is 5.93. The van der Waals surface area contributed by atoms with E-state index in [1.165, 1.54) is 30.5 Å². The smallest absolute Gasteiger partial charge is 0.350 e. The Morgan fingerprint density at radius 2 is 2.11 bits per heavy atom. The number of rotatable bonds is 5. The van der Waals surface area contributed by atoms with Gasteiger partial charge in [-0.25, -0.2) is 9.48 Å².